The first kappa shape index (κ1) is 22.0. The minimum Gasteiger partial charge on any atom is -0.396 e. The molecule has 0 amide bonds. The van der Waals surface area contributed by atoms with Crippen molar-refractivity contribution >= 4 is 29.0 Å². The number of rotatable bonds is 5. The molecule has 2 aromatic heterocycles. The second kappa shape index (κ2) is 8.74. The zero-order chi connectivity index (χ0) is 23.0. The van der Waals surface area contributed by atoms with Crippen LogP contribution < -0.4 is 16.1 Å². The smallest absolute Gasteiger partial charge is 0.338 e. The molecule has 0 radical (unpaired) electrons. The van der Waals surface area contributed by atoms with Crippen molar-refractivity contribution in [2.24, 2.45) is 5.92 Å². The van der Waals surface area contributed by atoms with Gasteiger partial charge in [0.1, 0.15) is 18.2 Å². The minimum atomic E-state index is -0.750. The summed E-state index contributed by atoms with van der Waals surface area (Å²) < 4.78 is 15.9. The normalized spacial score (nSPS) is 13.7. The molecule has 1 aliphatic heterocycles. The number of aliphatic hydroxyl groups excluding tert-OH is 1. The highest BCUT2D eigenvalue weighted by Gasteiger charge is 2.33. The number of benzene rings is 1. The van der Waals surface area contributed by atoms with E-state index in [0.29, 0.717) is 13.1 Å². The molecule has 1 aromatic carbocycles. The van der Waals surface area contributed by atoms with E-state index in [4.69, 9.17) is 23.2 Å². The number of nitriles is 1. The van der Waals surface area contributed by atoms with Crippen molar-refractivity contribution < 1.29 is 9.50 Å². The molecule has 0 spiro atoms. The van der Waals surface area contributed by atoms with Gasteiger partial charge in [0.2, 0.25) is 0 Å². The number of pyridine rings is 1. The molecule has 4 rings (SSSR count). The third-order valence-corrected chi connectivity index (χ3v) is 5.72. The van der Waals surface area contributed by atoms with Crippen LogP contribution in [0, 0.1) is 23.1 Å². The van der Waals surface area contributed by atoms with E-state index in [9.17, 15) is 24.3 Å². The molecule has 32 heavy (non-hydrogen) atoms. The van der Waals surface area contributed by atoms with Crippen molar-refractivity contribution in [1.82, 2.24) is 14.1 Å². The van der Waals surface area contributed by atoms with Crippen LogP contribution in [-0.4, -0.2) is 38.9 Å². The van der Waals surface area contributed by atoms with Crippen molar-refractivity contribution in [3.8, 4) is 22.9 Å². The Morgan fingerprint density at radius 2 is 1.97 bits per heavy atom. The number of halogens is 3. The van der Waals surface area contributed by atoms with Gasteiger partial charge in [-0.05, 0) is 23.8 Å². The fourth-order valence-corrected chi connectivity index (χ4v) is 4.04. The topological polar surface area (TPSA) is 104 Å². The van der Waals surface area contributed by atoms with Gasteiger partial charge in [0, 0.05) is 31.8 Å². The predicted octanol–water partition coefficient (Wildman–Crippen LogP) is 2.46. The summed E-state index contributed by atoms with van der Waals surface area (Å²) in [7, 11) is 0. The predicted molar refractivity (Wildman–Crippen MR) is 118 cm³/mol. The fraction of sp³-hybridized carbons (Fsp3) is 0.238. The Balaban J connectivity index is 2.09. The molecule has 164 valence electrons. The van der Waals surface area contributed by atoms with Gasteiger partial charge >= 0.3 is 5.69 Å². The molecule has 3 aromatic rings. The van der Waals surface area contributed by atoms with Gasteiger partial charge in [0.25, 0.3) is 5.56 Å². The highest BCUT2D eigenvalue weighted by Crippen LogP contribution is 2.33. The summed E-state index contributed by atoms with van der Waals surface area (Å²) in [4.78, 5) is 32.7. The molecular formula is C21H16Cl2FN5O3. The summed E-state index contributed by atoms with van der Waals surface area (Å²) in [6.07, 6.45) is 2.66. The standard InChI is InChI=1S/C21H16Cl2FN5O3/c22-14-6-15(8-26-7-14)29-20(31)18(13-1-2-17(24)16(23)5-13)19(27-9-12(10-27)11-30)28(4-3-25)21(29)32/h1-2,5-8,12,30H,4,9-11H2. The van der Waals surface area contributed by atoms with Gasteiger partial charge in [-0.3, -0.25) is 14.3 Å². The number of aliphatic hydroxyl groups is 1. The van der Waals surface area contributed by atoms with Crippen LogP contribution in [0.3, 0.4) is 0 Å². The summed E-state index contributed by atoms with van der Waals surface area (Å²) >= 11 is 12.0. The largest absolute Gasteiger partial charge is 0.396 e. The van der Waals surface area contributed by atoms with Gasteiger partial charge in [-0.1, -0.05) is 29.3 Å². The van der Waals surface area contributed by atoms with Crippen molar-refractivity contribution in [3.63, 3.8) is 0 Å². The van der Waals surface area contributed by atoms with E-state index < -0.39 is 17.1 Å². The highest BCUT2D eigenvalue weighted by atomic mass is 35.5. The number of anilines is 1. The van der Waals surface area contributed by atoms with Crippen LogP contribution in [0.2, 0.25) is 10.0 Å². The molecule has 0 aliphatic carbocycles. The van der Waals surface area contributed by atoms with Crippen molar-refractivity contribution in [2.75, 3.05) is 24.6 Å². The van der Waals surface area contributed by atoms with Crippen LogP contribution in [-0.2, 0) is 6.54 Å². The molecule has 8 nitrogen and oxygen atoms in total. The molecule has 0 saturated carbocycles. The van der Waals surface area contributed by atoms with Crippen LogP contribution in [0.15, 0.2) is 46.2 Å². The van der Waals surface area contributed by atoms with Crippen molar-refractivity contribution in [1.29, 1.82) is 5.26 Å². The second-order valence-electron chi connectivity index (χ2n) is 7.31. The molecule has 1 saturated heterocycles. The van der Waals surface area contributed by atoms with E-state index in [1.54, 1.807) is 4.90 Å². The number of aromatic nitrogens is 3. The molecule has 1 aliphatic rings. The zero-order valence-corrected chi connectivity index (χ0v) is 18.0. The van der Waals surface area contributed by atoms with E-state index in [1.807, 2.05) is 6.07 Å². The lowest BCUT2D eigenvalue weighted by Gasteiger charge is -2.41. The molecule has 0 bridgehead atoms. The summed E-state index contributed by atoms with van der Waals surface area (Å²) in [6.45, 7) is 0.365. The molecule has 0 atom stereocenters. The summed E-state index contributed by atoms with van der Waals surface area (Å²) in [5, 5.41) is 18.8. The van der Waals surface area contributed by atoms with Gasteiger partial charge in [0.05, 0.1) is 33.6 Å². The summed E-state index contributed by atoms with van der Waals surface area (Å²) in [5.74, 6) is -0.490. The number of nitrogens with zero attached hydrogens (tertiary/aromatic N) is 5. The first-order chi connectivity index (χ1) is 15.3. The highest BCUT2D eigenvalue weighted by molar-refractivity contribution is 6.31. The Morgan fingerprint density at radius 3 is 2.59 bits per heavy atom. The monoisotopic (exact) mass is 475 g/mol. The third kappa shape index (κ3) is 3.77. The first-order valence-corrected chi connectivity index (χ1v) is 10.3. The number of hydrogen-bond donors (Lipinski definition) is 1. The molecule has 0 unspecified atom stereocenters. The van der Waals surface area contributed by atoms with E-state index in [0.717, 1.165) is 10.6 Å². The number of hydrogen-bond acceptors (Lipinski definition) is 6. The molecule has 1 N–H and O–H groups in total. The maximum Gasteiger partial charge on any atom is 0.338 e. The lowest BCUT2D eigenvalue weighted by molar-refractivity contribution is 0.199. The van der Waals surface area contributed by atoms with Crippen molar-refractivity contribution in [2.45, 2.75) is 6.54 Å². The van der Waals surface area contributed by atoms with E-state index in [1.165, 1.54) is 35.2 Å². The minimum absolute atomic E-state index is 0.0372. The maximum absolute atomic E-state index is 13.8. The Labute approximate surface area is 191 Å². The van der Waals surface area contributed by atoms with Crippen LogP contribution >= 0.6 is 23.2 Å². The lowest BCUT2D eigenvalue weighted by atomic mass is 9.99. The Hall–Kier alpha value is -3.19. The van der Waals surface area contributed by atoms with E-state index >= 15 is 0 Å². The maximum atomic E-state index is 13.8. The Morgan fingerprint density at radius 1 is 1.22 bits per heavy atom. The van der Waals surface area contributed by atoms with E-state index in [2.05, 4.69) is 4.98 Å². The van der Waals surface area contributed by atoms with Crippen LogP contribution in [0.4, 0.5) is 10.2 Å². The first-order valence-electron chi connectivity index (χ1n) is 9.54. The summed E-state index contributed by atoms with van der Waals surface area (Å²) in [6, 6.07) is 7.15. The third-order valence-electron chi connectivity index (χ3n) is 5.22. The van der Waals surface area contributed by atoms with Crippen LogP contribution in [0.25, 0.3) is 16.8 Å². The average molecular weight is 476 g/mol. The molecule has 1 fully saturated rings. The molecule has 11 heteroatoms. The van der Waals surface area contributed by atoms with Crippen LogP contribution in [0.1, 0.15) is 0 Å². The average Bonchev–Trinajstić information content (AvgIpc) is 2.72. The summed E-state index contributed by atoms with van der Waals surface area (Å²) in [5.41, 5.74) is -0.979. The van der Waals surface area contributed by atoms with Gasteiger partial charge in [-0.2, -0.15) is 5.26 Å². The van der Waals surface area contributed by atoms with Gasteiger partial charge in [-0.15, -0.1) is 0 Å². The zero-order valence-electron chi connectivity index (χ0n) is 16.5. The molecular weight excluding hydrogens is 460 g/mol. The van der Waals surface area contributed by atoms with Gasteiger partial charge in [-0.25, -0.2) is 13.8 Å². The lowest BCUT2D eigenvalue weighted by Crippen LogP contribution is -2.52. The van der Waals surface area contributed by atoms with Gasteiger partial charge in [0.15, 0.2) is 0 Å². The van der Waals surface area contributed by atoms with Crippen LogP contribution in [0.5, 0.6) is 0 Å². The van der Waals surface area contributed by atoms with E-state index in [-0.39, 0.29) is 51.7 Å². The SMILES string of the molecule is N#CCn1c(N2CC(CO)C2)c(-c2ccc(F)c(Cl)c2)c(=O)n(-c2cncc(Cl)c2)c1=O. The fourth-order valence-electron chi connectivity index (χ4n) is 3.70. The quantitative estimate of drug-likeness (QED) is 0.607. The second-order valence-corrected chi connectivity index (χ2v) is 8.15. The van der Waals surface area contributed by atoms with Crippen molar-refractivity contribution in [3.05, 3.63) is 73.4 Å². The van der Waals surface area contributed by atoms with Gasteiger partial charge < -0.3 is 10.0 Å². The molecule has 3 heterocycles. The Bertz CT molecular complexity index is 1360. The Kier molecular flexibility index (Phi) is 6.02.